The van der Waals surface area contributed by atoms with Crippen LogP contribution in [-0.2, 0) is 20.9 Å². The monoisotopic (exact) mass is 362 g/mol. The molecule has 0 radical (unpaired) electrons. The van der Waals surface area contributed by atoms with Gasteiger partial charge in [0.2, 0.25) is 5.91 Å². The fourth-order valence-corrected chi connectivity index (χ4v) is 2.70. The Morgan fingerprint density at radius 3 is 2.42 bits per heavy atom. The van der Waals surface area contributed by atoms with E-state index in [0.717, 1.165) is 12.0 Å². The van der Waals surface area contributed by atoms with E-state index >= 15 is 0 Å². The smallest absolute Gasteiger partial charge is 0.410 e. The molecule has 1 aromatic carbocycles. The number of primary amides is 1. The van der Waals surface area contributed by atoms with Crippen LogP contribution in [0.1, 0.15) is 49.5 Å². The van der Waals surface area contributed by atoms with E-state index in [4.69, 9.17) is 15.2 Å². The van der Waals surface area contributed by atoms with Crippen molar-refractivity contribution >= 4 is 18.0 Å². The Balaban J connectivity index is 1.86. The van der Waals surface area contributed by atoms with Gasteiger partial charge < -0.3 is 20.1 Å². The van der Waals surface area contributed by atoms with Crippen molar-refractivity contribution in [1.29, 1.82) is 0 Å². The molecule has 0 bridgehead atoms. The third-order valence-electron chi connectivity index (χ3n) is 4.03. The zero-order chi connectivity index (χ0) is 19.3. The van der Waals surface area contributed by atoms with Gasteiger partial charge in [0, 0.05) is 18.7 Å². The lowest BCUT2D eigenvalue weighted by atomic mass is 9.98. The van der Waals surface area contributed by atoms with Crippen LogP contribution in [0, 0.1) is 5.92 Å². The van der Waals surface area contributed by atoms with Gasteiger partial charge in [-0.2, -0.15) is 0 Å². The van der Waals surface area contributed by atoms with Gasteiger partial charge in [0.05, 0.1) is 5.92 Å². The summed E-state index contributed by atoms with van der Waals surface area (Å²) in [6, 6.07) is 6.58. The summed E-state index contributed by atoms with van der Waals surface area (Å²) in [5.41, 5.74) is 5.79. The highest BCUT2D eigenvalue weighted by atomic mass is 16.6. The minimum atomic E-state index is -0.568. The molecule has 0 aliphatic carbocycles. The van der Waals surface area contributed by atoms with Crippen LogP contribution in [0.4, 0.5) is 4.79 Å². The molecule has 0 unspecified atom stereocenters. The molecule has 2 amide bonds. The molecule has 1 fully saturated rings. The number of rotatable bonds is 4. The second kappa shape index (κ2) is 8.21. The Kier molecular flexibility index (Phi) is 6.23. The second-order valence-electron chi connectivity index (χ2n) is 7.43. The fourth-order valence-electron chi connectivity index (χ4n) is 2.70. The van der Waals surface area contributed by atoms with Crippen molar-refractivity contribution in [1.82, 2.24) is 4.90 Å². The largest absolute Gasteiger partial charge is 0.461 e. The number of carbonyl (C=O) groups is 3. The van der Waals surface area contributed by atoms with Crippen LogP contribution < -0.4 is 5.73 Å². The normalized spacial score (nSPS) is 17.5. The van der Waals surface area contributed by atoms with E-state index in [9.17, 15) is 14.4 Å². The lowest BCUT2D eigenvalue weighted by Crippen LogP contribution is -2.45. The van der Waals surface area contributed by atoms with Gasteiger partial charge in [0.15, 0.2) is 0 Å². The molecular weight excluding hydrogens is 336 g/mol. The molecule has 0 aromatic heterocycles. The third-order valence-corrected chi connectivity index (χ3v) is 4.03. The number of benzene rings is 1. The van der Waals surface area contributed by atoms with Crippen LogP contribution in [0.3, 0.4) is 0 Å². The molecule has 1 aliphatic rings. The van der Waals surface area contributed by atoms with Crippen molar-refractivity contribution in [2.24, 2.45) is 11.7 Å². The molecule has 1 atom stereocenters. The van der Waals surface area contributed by atoms with Crippen molar-refractivity contribution in [3.05, 3.63) is 35.4 Å². The van der Waals surface area contributed by atoms with Gasteiger partial charge in [-0.25, -0.2) is 4.79 Å². The first-order valence-electron chi connectivity index (χ1n) is 8.69. The summed E-state index contributed by atoms with van der Waals surface area (Å²) in [6.45, 7) is 6.42. The van der Waals surface area contributed by atoms with Crippen molar-refractivity contribution in [3.63, 3.8) is 0 Å². The van der Waals surface area contributed by atoms with Gasteiger partial charge in [-0.1, -0.05) is 12.1 Å². The average Bonchev–Trinajstić information content (AvgIpc) is 2.58. The topological polar surface area (TPSA) is 98.9 Å². The Bertz CT molecular complexity index is 664. The van der Waals surface area contributed by atoms with E-state index in [-0.39, 0.29) is 18.5 Å². The highest BCUT2D eigenvalue weighted by molar-refractivity contribution is 5.92. The highest BCUT2D eigenvalue weighted by Gasteiger charge is 2.31. The number of hydrogen-bond acceptors (Lipinski definition) is 5. The molecule has 7 heteroatoms. The quantitative estimate of drug-likeness (QED) is 0.830. The molecule has 1 aliphatic heterocycles. The van der Waals surface area contributed by atoms with E-state index in [0.29, 0.717) is 25.1 Å². The third kappa shape index (κ3) is 5.75. The Labute approximate surface area is 153 Å². The molecule has 0 spiro atoms. The minimum Gasteiger partial charge on any atom is -0.461 e. The highest BCUT2D eigenvalue weighted by Crippen LogP contribution is 2.21. The first-order valence-corrected chi connectivity index (χ1v) is 8.69. The van der Waals surface area contributed by atoms with Crippen molar-refractivity contribution in [2.45, 2.75) is 45.8 Å². The number of esters is 1. The maximum absolute atomic E-state index is 12.3. The lowest BCUT2D eigenvalue weighted by molar-refractivity contribution is -0.151. The Hall–Kier alpha value is -2.57. The summed E-state index contributed by atoms with van der Waals surface area (Å²) in [6.07, 6.45) is 1.00. The molecule has 142 valence electrons. The van der Waals surface area contributed by atoms with Crippen LogP contribution in [0.2, 0.25) is 0 Å². The number of nitrogens with two attached hydrogens (primary N) is 1. The Morgan fingerprint density at radius 1 is 1.19 bits per heavy atom. The molecule has 7 nitrogen and oxygen atoms in total. The lowest BCUT2D eigenvalue weighted by Gasteiger charge is -2.33. The number of amides is 2. The van der Waals surface area contributed by atoms with Gasteiger partial charge in [0.25, 0.3) is 0 Å². The van der Waals surface area contributed by atoms with E-state index in [1.807, 2.05) is 20.8 Å². The summed E-state index contributed by atoms with van der Waals surface area (Å²) in [4.78, 5) is 37.1. The van der Waals surface area contributed by atoms with Gasteiger partial charge in [-0.05, 0) is 51.3 Å². The second-order valence-corrected chi connectivity index (χ2v) is 7.43. The fraction of sp³-hybridized carbons (Fsp3) is 0.526. The molecule has 1 aromatic rings. The maximum atomic E-state index is 12.3. The van der Waals surface area contributed by atoms with Crippen molar-refractivity contribution in [3.8, 4) is 0 Å². The molecular formula is C19H26N2O5. The zero-order valence-electron chi connectivity index (χ0n) is 15.5. The standard InChI is InChI=1S/C19H26N2O5/c1-19(2,3)26-18(24)21-10-4-5-15(11-21)17(23)25-12-13-6-8-14(9-7-13)16(20)22/h6-9,15H,4-5,10-12H2,1-3H3,(H2,20,22)/t15-/m1/s1. The van der Waals surface area contributed by atoms with Crippen molar-refractivity contribution in [2.75, 3.05) is 13.1 Å². The number of likely N-dealkylation sites (tertiary alicyclic amines) is 1. The van der Waals surface area contributed by atoms with Gasteiger partial charge in [0.1, 0.15) is 12.2 Å². The van der Waals surface area contributed by atoms with Crippen LogP contribution in [0.15, 0.2) is 24.3 Å². The number of hydrogen-bond donors (Lipinski definition) is 1. The zero-order valence-corrected chi connectivity index (χ0v) is 15.5. The minimum absolute atomic E-state index is 0.112. The van der Waals surface area contributed by atoms with Crippen molar-refractivity contribution < 1.29 is 23.9 Å². The van der Waals surface area contributed by atoms with Crippen LogP contribution >= 0.6 is 0 Å². The first-order chi connectivity index (χ1) is 12.2. The predicted octanol–water partition coefficient (Wildman–Crippen LogP) is 2.48. The number of ether oxygens (including phenoxy) is 2. The summed E-state index contributed by atoms with van der Waals surface area (Å²) < 4.78 is 10.7. The summed E-state index contributed by atoms with van der Waals surface area (Å²) in [7, 11) is 0. The van der Waals surface area contributed by atoms with E-state index in [2.05, 4.69) is 0 Å². The average molecular weight is 362 g/mol. The SMILES string of the molecule is CC(C)(C)OC(=O)N1CCC[C@@H](C(=O)OCc2ccc(C(N)=O)cc2)C1. The molecule has 0 saturated carbocycles. The molecule has 2 rings (SSSR count). The van der Waals surface area contributed by atoms with Gasteiger partial charge in [-0.3, -0.25) is 9.59 Å². The van der Waals surface area contributed by atoms with Crippen LogP contribution in [0.5, 0.6) is 0 Å². The summed E-state index contributed by atoms with van der Waals surface area (Å²) in [5.74, 6) is -1.20. The molecule has 1 heterocycles. The summed E-state index contributed by atoms with van der Waals surface area (Å²) >= 11 is 0. The molecule has 2 N–H and O–H groups in total. The van der Waals surface area contributed by atoms with E-state index < -0.39 is 17.6 Å². The van der Waals surface area contributed by atoms with Crippen LogP contribution in [0.25, 0.3) is 0 Å². The van der Waals surface area contributed by atoms with E-state index in [1.54, 1.807) is 29.2 Å². The molecule has 26 heavy (non-hydrogen) atoms. The van der Waals surface area contributed by atoms with Gasteiger partial charge >= 0.3 is 12.1 Å². The number of nitrogens with zero attached hydrogens (tertiary/aromatic N) is 1. The van der Waals surface area contributed by atoms with E-state index in [1.165, 1.54) is 0 Å². The van der Waals surface area contributed by atoms with Gasteiger partial charge in [-0.15, -0.1) is 0 Å². The Morgan fingerprint density at radius 2 is 1.85 bits per heavy atom. The number of piperidine rings is 1. The van der Waals surface area contributed by atoms with Crippen LogP contribution in [-0.4, -0.2) is 41.6 Å². The predicted molar refractivity (Wildman–Crippen MR) is 95.3 cm³/mol. The maximum Gasteiger partial charge on any atom is 0.410 e. The molecule has 1 saturated heterocycles. The number of carbonyl (C=O) groups excluding carboxylic acids is 3. The first kappa shape index (κ1) is 19.8. The summed E-state index contributed by atoms with van der Waals surface area (Å²) in [5, 5.41) is 0.